The molecule has 0 fully saturated rings. The van der Waals surface area contributed by atoms with Crippen molar-refractivity contribution >= 4 is 10.8 Å². The summed E-state index contributed by atoms with van der Waals surface area (Å²) in [5.41, 5.74) is 16.8. The van der Waals surface area contributed by atoms with Gasteiger partial charge in [0.1, 0.15) is 11.5 Å². The Morgan fingerprint density at radius 3 is 1.65 bits per heavy atom. The maximum Gasteiger partial charge on any atom is 0.164 e. The van der Waals surface area contributed by atoms with E-state index in [1.807, 2.05) is 24.3 Å². The number of benzene rings is 9. The van der Waals surface area contributed by atoms with Gasteiger partial charge in [-0.3, -0.25) is 0 Å². The number of fused-ring (bicyclic) bond motifs is 5. The molecule has 0 radical (unpaired) electrons. The van der Waals surface area contributed by atoms with Gasteiger partial charge in [-0.25, -0.2) is 15.0 Å². The highest BCUT2D eigenvalue weighted by atomic mass is 16.5. The van der Waals surface area contributed by atoms with Gasteiger partial charge in [0, 0.05) is 33.1 Å². The van der Waals surface area contributed by atoms with Gasteiger partial charge in [0.15, 0.2) is 17.5 Å². The molecular formula is C58H39N3O. The lowest BCUT2D eigenvalue weighted by atomic mass is 9.81. The minimum Gasteiger partial charge on any atom is -0.456 e. The Bertz CT molecular complexity index is 3400. The molecule has 62 heavy (non-hydrogen) atoms. The highest BCUT2D eigenvalue weighted by molar-refractivity contribution is 6.04. The molecule has 4 heteroatoms. The van der Waals surface area contributed by atoms with Crippen molar-refractivity contribution in [3.8, 4) is 101 Å². The molecule has 0 saturated carbocycles. The molecular weight excluding hydrogens is 755 g/mol. The van der Waals surface area contributed by atoms with Gasteiger partial charge >= 0.3 is 0 Å². The molecule has 0 bridgehead atoms. The maximum absolute atomic E-state index is 6.54. The summed E-state index contributed by atoms with van der Waals surface area (Å²) in [6.45, 7) is 4.67. The average Bonchev–Trinajstić information content (AvgIpc) is 3.57. The van der Waals surface area contributed by atoms with Crippen LogP contribution in [0.1, 0.15) is 25.0 Å². The number of aromatic nitrogens is 3. The van der Waals surface area contributed by atoms with Crippen molar-refractivity contribution in [2.24, 2.45) is 0 Å². The third kappa shape index (κ3) is 5.95. The molecule has 1 aliphatic heterocycles. The second kappa shape index (κ2) is 14.1. The largest absolute Gasteiger partial charge is 0.456 e. The van der Waals surface area contributed by atoms with E-state index in [1.165, 1.54) is 27.8 Å². The summed E-state index contributed by atoms with van der Waals surface area (Å²) >= 11 is 0. The van der Waals surface area contributed by atoms with Crippen molar-refractivity contribution in [1.82, 2.24) is 15.0 Å². The van der Waals surface area contributed by atoms with Gasteiger partial charge in [-0.05, 0) is 115 Å². The minimum absolute atomic E-state index is 0.139. The number of rotatable bonds is 6. The molecule has 10 aromatic rings. The Morgan fingerprint density at radius 2 is 0.855 bits per heavy atom. The Labute approximate surface area is 360 Å². The van der Waals surface area contributed by atoms with Crippen LogP contribution in [0.5, 0.6) is 11.5 Å². The second-order valence-electron chi connectivity index (χ2n) is 16.8. The monoisotopic (exact) mass is 793 g/mol. The lowest BCUT2D eigenvalue weighted by molar-refractivity contribution is 0.487. The summed E-state index contributed by atoms with van der Waals surface area (Å²) in [7, 11) is 0. The van der Waals surface area contributed by atoms with Crippen molar-refractivity contribution < 1.29 is 4.74 Å². The van der Waals surface area contributed by atoms with E-state index in [4.69, 9.17) is 19.7 Å². The van der Waals surface area contributed by atoms with Gasteiger partial charge in [0.2, 0.25) is 0 Å². The molecule has 4 nitrogen and oxygen atoms in total. The molecule has 292 valence electrons. The van der Waals surface area contributed by atoms with Crippen LogP contribution < -0.4 is 4.74 Å². The zero-order valence-corrected chi connectivity index (χ0v) is 34.3. The zero-order valence-electron chi connectivity index (χ0n) is 34.3. The van der Waals surface area contributed by atoms with Crippen LogP contribution in [-0.4, -0.2) is 15.0 Å². The molecule has 2 aliphatic rings. The molecule has 12 rings (SSSR count). The fourth-order valence-corrected chi connectivity index (χ4v) is 9.54. The van der Waals surface area contributed by atoms with Gasteiger partial charge in [0.05, 0.1) is 0 Å². The average molecular weight is 794 g/mol. The Hall–Kier alpha value is -7.95. The van der Waals surface area contributed by atoms with Crippen LogP contribution in [-0.2, 0) is 5.41 Å². The van der Waals surface area contributed by atoms with Crippen LogP contribution in [0, 0.1) is 0 Å². The molecule has 1 aromatic heterocycles. The highest BCUT2D eigenvalue weighted by Crippen LogP contribution is 2.51. The van der Waals surface area contributed by atoms with Gasteiger partial charge in [-0.2, -0.15) is 0 Å². The summed E-state index contributed by atoms with van der Waals surface area (Å²) in [5.74, 6) is 3.59. The first-order chi connectivity index (χ1) is 30.4. The molecule has 9 aromatic carbocycles. The third-order valence-corrected chi connectivity index (χ3v) is 12.7. The molecule has 0 atom stereocenters. The summed E-state index contributed by atoms with van der Waals surface area (Å²) < 4.78 is 6.54. The summed E-state index contributed by atoms with van der Waals surface area (Å²) in [6.07, 6.45) is 0. The van der Waals surface area contributed by atoms with E-state index < -0.39 is 0 Å². The first-order valence-corrected chi connectivity index (χ1v) is 21.2. The standard InChI is InChI=1S/C58H39N3O/c1-58(2)50-24-10-9-22-46(50)47-28-26-41(35-51(47)58)44-31-43(40-27-29-52-49(34-40)48-23-12-18-37-19-13-25-53(62-52)54(37)48)32-45(33-44)57-60-55(38-16-7-4-8-17-38)59-56(61-57)42-21-11-20-39(30-42)36-14-5-3-6-15-36/h3-35H,1-2H3. The van der Waals surface area contributed by atoms with Crippen molar-refractivity contribution in [2.45, 2.75) is 19.3 Å². The molecule has 0 saturated heterocycles. The minimum atomic E-state index is -0.139. The quantitative estimate of drug-likeness (QED) is 0.168. The Morgan fingerprint density at radius 1 is 0.323 bits per heavy atom. The van der Waals surface area contributed by atoms with Crippen LogP contribution >= 0.6 is 0 Å². The van der Waals surface area contributed by atoms with Crippen LogP contribution in [0.4, 0.5) is 0 Å². The maximum atomic E-state index is 6.54. The van der Waals surface area contributed by atoms with Crippen LogP contribution in [0.15, 0.2) is 200 Å². The van der Waals surface area contributed by atoms with Crippen molar-refractivity contribution in [3.05, 3.63) is 211 Å². The number of hydrogen-bond donors (Lipinski definition) is 0. The Balaban J connectivity index is 1.06. The predicted molar refractivity (Wildman–Crippen MR) is 253 cm³/mol. The van der Waals surface area contributed by atoms with Crippen molar-refractivity contribution in [1.29, 1.82) is 0 Å². The van der Waals surface area contributed by atoms with E-state index in [-0.39, 0.29) is 5.41 Å². The Kier molecular flexibility index (Phi) is 8.16. The molecule has 0 unspecified atom stereocenters. The highest BCUT2D eigenvalue weighted by Gasteiger charge is 2.35. The van der Waals surface area contributed by atoms with E-state index in [2.05, 4.69) is 190 Å². The predicted octanol–water partition coefficient (Wildman–Crippen LogP) is 15.1. The lowest BCUT2D eigenvalue weighted by Gasteiger charge is -2.22. The molecule has 0 N–H and O–H groups in total. The van der Waals surface area contributed by atoms with Crippen molar-refractivity contribution in [3.63, 3.8) is 0 Å². The first-order valence-electron chi connectivity index (χ1n) is 21.2. The fraction of sp³-hybridized carbons (Fsp3) is 0.0517. The second-order valence-corrected chi connectivity index (χ2v) is 16.8. The smallest absolute Gasteiger partial charge is 0.164 e. The van der Waals surface area contributed by atoms with Gasteiger partial charge < -0.3 is 4.74 Å². The van der Waals surface area contributed by atoms with Crippen molar-refractivity contribution in [2.75, 3.05) is 0 Å². The summed E-state index contributed by atoms with van der Waals surface area (Å²) in [4.78, 5) is 15.6. The number of ether oxygens (including phenoxy) is 1. The molecule has 1 aliphatic carbocycles. The molecule has 2 heterocycles. The molecule has 0 spiro atoms. The summed E-state index contributed by atoms with van der Waals surface area (Å²) in [6, 6.07) is 70.9. The third-order valence-electron chi connectivity index (χ3n) is 12.7. The zero-order chi connectivity index (χ0) is 41.4. The van der Waals surface area contributed by atoms with Crippen LogP contribution in [0.25, 0.3) is 101 Å². The van der Waals surface area contributed by atoms with Gasteiger partial charge in [-0.15, -0.1) is 0 Å². The van der Waals surface area contributed by atoms with E-state index in [9.17, 15) is 0 Å². The van der Waals surface area contributed by atoms with E-state index in [0.717, 1.165) is 77.9 Å². The summed E-state index contributed by atoms with van der Waals surface area (Å²) in [5, 5.41) is 2.30. The van der Waals surface area contributed by atoms with Gasteiger partial charge in [0.25, 0.3) is 0 Å². The SMILES string of the molecule is CC1(C)c2ccccc2-c2ccc(-c3cc(-c4ccc5c(c4)-c4cccc6cccc(c46)O5)cc(-c4nc(-c5ccccc5)nc(-c5cccc(-c6ccccc6)c5)n4)c3)cc21. The number of hydrogen-bond acceptors (Lipinski definition) is 4. The van der Waals surface area contributed by atoms with Crippen LogP contribution in [0.3, 0.4) is 0 Å². The fourth-order valence-electron chi connectivity index (χ4n) is 9.54. The first kappa shape index (κ1) is 35.9. The van der Waals surface area contributed by atoms with E-state index in [1.54, 1.807) is 0 Å². The normalized spacial score (nSPS) is 12.9. The van der Waals surface area contributed by atoms with E-state index >= 15 is 0 Å². The topological polar surface area (TPSA) is 47.9 Å². The van der Waals surface area contributed by atoms with Crippen LogP contribution in [0.2, 0.25) is 0 Å². The van der Waals surface area contributed by atoms with Gasteiger partial charge in [-0.1, -0.05) is 166 Å². The van der Waals surface area contributed by atoms with E-state index in [0.29, 0.717) is 17.5 Å². The number of nitrogens with zero attached hydrogens (tertiary/aromatic N) is 3. The molecule has 0 amide bonds. The lowest BCUT2D eigenvalue weighted by Crippen LogP contribution is -2.14.